The molecule has 5 aromatic rings. The maximum atomic E-state index is 12.0. The third kappa shape index (κ3) is 21.4. The fourth-order valence-corrected chi connectivity index (χ4v) is 7.07. The monoisotopic (exact) mass is 1170 g/mol. The molecule has 1 saturated carbocycles. The van der Waals surface area contributed by atoms with E-state index >= 15 is 0 Å². The molecule has 1 aliphatic carbocycles. The summed E-state index contributed by atoms with van der Waals surface area (Å²) >= 11 is 0. The molecule has 0 heterocycles. The lowest BCUT2D eigenvalue weighted by atomic mass is 9.81. The van der Waals surface area contributed by atoms with Crippen LogP contribution in [0, 0.1) is 0 Å². The molecular formula is C57H58O27. The average molecular weight is 1180 g/mol. The van der Waals surface area contributed by atoms with Crippen molar-refractivity contribution in [2.24, 2.45) is 0 Å². The number of aliphatic carboxylic acids is 3. The van der Waals surface area contributed by atoms with Gasteiger partial charge in [0.2, 0.25) is 18.3 Å². The van der Waals surface area contributed by atoms with Crippen molar-refractivity contribution in [3.63, 3.8) is 0 Å². The average Bonchev–Trinajstić information content (AvgIpc) is 2.91. The molecule has 84 heavy (non-hydrogen) atoms. The molecule has 0 spiro atoms. The Labute approximate surface area is 475 Å². The number of aromatic hydroxyl groups is 10. The molecule has 16 N–H and O–H groups in total. The Balaban J connectivity index is 0.000000335. The zero-order valence-electron chi connectivity index (χ0n) is 43.0. The van der Waals surface area contributed by atoms with Gasteiger partial charge in [0.15, 0.2) is 57.5 Å². The van der Waals surface area contributed by atoms with Crippen LogP contribution in [-0.2, 0) is 58.9 Å². The predicted octanol–water partition coefficient (Wildman–Crippen LogP) is 3.92. The maximum Gasteiger partial charge on any atom is 0.349 e. The number of benzene rings is 5. The van der Waals surface area contributed by atoms with E-state index in [1.54, 1.807) is 0 Å². The molecule has 6 rings (SSSR count). The number of hydrogen-bond acceptors (Lipinski definition) is 24. The Morgan fingerprint density at radius 3 is 1.11 bits per heavy atom. The molecule has 27 heteroatoms. The van der Waals surface area contributed by atoms with E-state index in [1.165, 1.54) is 85.8 Å². The summed E-state index contributed by atoms with van der Waals surface area (Å²) in [6.45, 7) is 1.50. The number of carboxylic acid groups (broad SMARTS) is 3. The minimum atomic E-state index is -2.40. The van der Waals surface area contributed by atoms with Crippen LogP contribution in [0.15, 0.2) is 115 Å². The zero-order chi connectivity index (χ0) is 61.9. The van der Waals surface area contributed by atoms with Crippen LogP contribution in [0.25, 0.3) is 24.3 Å². The highest BCUT2D eigenvalue weighted by molar-refractivity contribution is 5.94. The number of rotatable bonds is 18. The van der Waals surface area contributed by atoms with Crippen molar-refractivity contribution >= 4 is 66.1 Å². The maximum absolute atomic E-state index is 12.0. The van der Waals surface area contributed by atoms with Gasteiger partial charge in [-0.1, -0.05) is 37.8 Å². The zero-order valence-corrected chi connectivity index (χ0v) is 43.0. The number of carboxylic acids is 3. The summed E-state index contributed by atoms with van der Waals surface area (Å²) in [5, 5.41) is 150. The van der Waals surface area contributed by atoms with Gasteiger partial charge < -0.3 is 101 Å². The summed E-state index contributed by atoms with van der Waals surface area (Å²) in [6.07, 6.45) is -1.55. The van der Waals surface area contributed by atoms with Crippen molar-refractivity contribution in [2.75, 3.05) is 0 Å². The van der Waals surface area contributed by atoms with Crippen molar-refractivity contribution in [3.05, 3.63) is 143 Å². The molecule has 0 bridgehead atoms. The number of esters is 4. The standard InChI is InChI=1S/C22H18O12.C18H16O8.C16H20O7.CH4/c23-13-5-1-11(9-15(13)25)3-7-17(27)33-19(21(29)30)20(22(31)32)34-18(28)8-4-12-2-6-14(24)16(26)10-12;19-12-4-1-10(7-14(12)21)3-6-17(23)26-16(18(24)25)9-11-2-5-13(20)15(22)8-11;1-16(22)7-12(19)15(21)13(8-16)23-14(20)5-3-9-2-4-10(17)11(18)6-9;/h1-10,19-20,23-26H,(H,29,30)(H,31,32);1-8,16,19-22H,9H2,(H,24,25);2-6,12-13,15,17-19,21-22H,7-8H2,1H3;1H4/b7-3+,8-4+;6-3+;5-3+;/t19-,20-;;;/m0.../s1. The van der Waals surface area contributed by atoms with Gasteiger partial charge in [-0.05, 0) is 120 Å². The Morgan fingerprint density at radius 2 is 0.786 bits per heavy atom. The van der Waals surface area contributed by atoms with Crippen LogP contribution >= 0.6 is 0 Å². The number of phenolic OH excluding ortho intramolecular Hbond substituents is 10. The van der Waals surface area contributed by atoms with E-state index in [2.05, 4.69) is 9.47 Å². The molecule has 1 fully saturated rings. The summed E-state index contributed by atoms with van der Waals surface area (Å²) in [5.74, 6) is -13.3. The molecule has 0 amide bonds. The van der Waals surface area contributed by atoms with E-state index in [1.807, 2.05) is 0 Å². The van der Waals surface area contributed by atoms with Crippen molar-refractivity contribution in [2.45, 2.75) is 75.8 Å². The molecule has 0 radical (unpaired) electrons. The van der Waals surface area contributed by atoms with E-state index in [4.69, 9.17) is 9.47 Å². The molecule has 0 saturated heterocycles. The topological polar surface area (TPSA) is 480 Å². The van der Waals surface area contributed by atoms with E-state index in [0.29, 0.717) is 16.7 Å². The van der Waals surface area contributed by atoms with Gasteiger partial charge in [0.05, 0.1) is 11.7 Å². The van der Waals surface area contributed by atoms with Gasteiger partial charge >= 0.3 is 41.8 Å². The minimum Gasteiger partial charge on any atom is -0.504 e. The van der Waals surface area contributed by atoms with Crippen molar-refractivity contribution in [3.8, 4) is 57.5 Å². The second kappa shape index (κ2) is 30.7. The van der Waals surface area contributed by atoms with Crippen LogP contribution in [0.1, 0.15) is 55.0 Å². The Morgan fingerprint density at radius 1 is 0.464 bits per heavy atom. The largest absolute Gasteiger partial charge is 0.504 e. The molecule has 7 atom stereocenters. The Bertz CT molecular complexity index is 3210. The number of carbonyl (C=O) groups excluding carboxylic acids is 4. The van der Waals surface area contributed by atoms with Gasteiger partial charge in [-0.2, -0.15) is 0 Å². The lowest BCUT2D eigenvalue weighted by molar-refractivity contribution is -0.183. The fraction of sp³-hybridized carbons (Fsp3) is 0.211. The second-order valence-electron chi connectivity index (χ2n) is 17.9. The first kappa shape index (κ1) is 67.5. The molecule has 448 valence electrons. The third-order valence-corrected chi connectivity index (χ3v) is 11.2. The van der Waals surface area contributed by atoms with E-state index < -0.39 is 113 Å². The van der Waals surface area contributed by atoms with Crippen LogP contribution in [0.4, 0.5) is 0 Å². The Hall–Kier alpha value is -10.8. The van der Waals surface area contributed by atoms with Crippen LogP contribution in [-0.4, -0.2) is 166 Å². The molecule has 27 nitrogen and oxygen atoms in total. The molecule has 0 aliphatic heterocycles. The predicted molar refractivity (Wildman–Crippen MR) is 290 cm³/mol. The molecule has 0 aromatic heterocycles. The Kier molecular flexibility index (Phi) is 24.7. The SMILES string of the molecule is C.CC1(O)CC(O)C(O)C(OC(=O)/C=C/c2ccc(O)c(O)c2)C1.O=C(/C=C/c1ccc(O)c(O)c1)OC(Cc1ccc(O)c(O)c1)C(=O)O.O=C(/C=C/c1ccc(O)c(O)c1)O[C@H](C(=O)O)[C@H](OC(=O)/C=C/c1ccc(O)c(O)c1)C(=O)O. The smallest absolute Gasteiger partial charge is 0.349 e. The van der Waals surface area contributed by atoms with Crippen molar-refractivity contribution in [1.29, 1.82) is 0 Å². The molecule has 5 aromatic carbocycles. The number of phenols is 10. The number of ether oxygens (including phenoxy) is 4. The van der Waals surface area contributed by atoms with E-state index in [9.17, 15) is 115 Å². The minimum absolute atomic E-state index is 0. The van der Waals surface area contributed by atoms with Crippen molar-refractivity contribution < 1.29 is 134 Å². The number of hydrogen-bond donors (Lipinski definition) is 16. The first-order valence-corrected chi connectivity index (χ1v) is 23.8. The van der Waals surface area contributed by atoms with Gasteiger partial charge in [-0.15, -0.1) is 0 Å². The van der Waals surface area contributed by atoms with Crippen LogP contribution < -0.4 is 0 Å². The highest BCUT2D eigenvalue weighted by Crippen LogP contribution is 2.32. The summed E-state index contributed by atoms with van der Waals surface area (Å²) in [7, 11) is 0. The number of aliphatic hydroxyl groups excluding tert-OH is 2. The van der Waals surface area contributed by atoms with Crippen LogP contribution in [0.2, 0.25) is 0 Å². The van der Waals surface area contributed by atoms with Gasteiger partial charge in [0.1, 0.15) is 12.2 Å². The van der Waals surface area contributed by atoms with E-state index in [0.717, 1.165) is 60.7 Å². The van der Waals surface area contributed by atoms with Gasteiger partial charge in [0, 0.05) is 43.6 Å². The van der Waals surface area contributed by atoms with Crippen molar-refractivity contribution in [1.82, 2.24) is 0 Å². The highest BCUT2D eigenvalue weighted by Gasteiger charge is 2.43. The molecule has 5 unspecified atom stereocenters. The first-order chi connectivity index (χ1) is 38.9. The third-order valence-electron chi connectivity index (χ3n) is 11.2. The van der Waals surface area contributed by atoms with Gasteiger partial charge in [0.25, 0.3) is 0 Å². The summed E-state index contributed by atoms with van der Waals surface area (Å²) in [4.78, 5) is 81.8. The number of carbonyl (C=O) groups is 7. The lowest BCUT2D eigenvalue weighted by Crippen LogP contribution is -2.52. The van der Waals surface area contributed by atoms with Crippen LogP contribution in [0.5, 0.6) is 57.5 Å². The van der Waals surface area contributed by atoms with Gasteiger partial charge in [-0.3, -0.25) is 0 Å². The quantitative estimate of drug-likeness (QED) is 0.0256. The highest BCUT2D eigenvalue weighted by atomic mass is 16.6. The van der Waals surface area contributed by atoms with E-state index in [-0.39, 0.29) is 66.6 Å². The summed E-state index contributed by atoms with van der Waals surface area (Å²) in [5.41, 5.74) is 0.446. The second-order valence-corrected chi connectivity index (χ2v) is 17.9. The summed E-state index contributed by atoms with van der Waals surface area (Å²) < 4.78 is 19.2. The molecular weight excluding hydrogens is 1120 g/mol. The van der Waals surface area contributed by atoms with Crippen LogP contribution in [0.3, 0.4) is 0 Å². The normalized spacial score (nSPS) is 17.5. The summed E-state index contributed by atoms with van der Waals surface area (Å²) in [6, 6.07) is 18.8. The molecule has 1 aliphatic rings. The lowest BCUT2D eigenvalue weighted by Gasteiger charge is -2.39. The first-order valence-electron chi connectivity index (χ1n) is 23.8. The fourth-order valence-electron chi connectivity index (χ4n) is 7.07. The van der Waals surface area contributed by atoms with Gasteiger partial charge in [-0.25, -0.2) is 33.6 Å². The number of aliphatic hydroxyl groups is 3.